The molecule has 0 spiro atoms. The molecular weight excluding hydrogens is 146 g/mol. The summed E-state index contributed by atoms with van der Waals surface area (Å²) >= 11 is 0. The standard InChI is InChI=1S/C11H8N/c1-2-11-10-6-4-3-5-9(10)7-8-12-11/h3-8H,1H2. The number of aromatic nitrogens is 1. The van der Waals surface area contributed by atoms with Crippen LogP contribution in [-0.4, -0.2) is 4.98 Å². The highest BCUT2D eigenvalue weighted by molar-refractivity contribution is 5.84. The van der Waals surface area contributed by atoms with E-state index in [0.717, 1.165) is 11.1 Å². The van der Waals surface area contributed by atoms with Gasteiger partial charge in [-0.15, -0.1) is 0 Å². The lowest BCUT2D eigenvalue weighted by Crippen LogP contribution is -1.82. The number of rotatable bonds is 1. The van der Waals surface area contributed by atoms with Crippen molar-refractivity contribution in [3.8, 4) is 0 Å². The van der Waals surface area contributed by atoms with Gasteiger partial charge in [-0.1, -0.05) is 30.8 Å². The molecule has 0 N–H and O–H groups in total. The van der Waals surface area contributed by atoms with Crippen molar-refractivity contribution in [2.75, 3.05) is 0 Å². The van der Waals surface area contributed by atoms with E-state index in [-0.39, 0.29) is 0 Å². The molecule has 0 saturated heterocycles. The summed E-state index contributed by atoms with van der Waals surface area (Å²) in [6.45, 7) is 3.59. The second-order valence-corrected chi connectivity index (χ2v) is 2.56. The third-order valence-corrected chi connectivity index (χ3v) is 1.84. The van der Waals surface area contributed by atoms with Crippen LogP contribution in [0.1, 0.15) is 5.69 Å². The van der Waals surface area contributed by atoms with Gasteiger partial charge in [-0.3, -0.25) is 4.98 Å². The molecule has 1 radical (unpaired) electrons. The summed E-state index contributed by atoms with van der Waals surface area (Å²) in [6.07, 6.45) is 4.58. The van der Waals surface area contributed by atoms with E-state index in [0.29, 0.717) is 0 Å². The normalized spacial score (nSPS) is 10.0. The van der Waals surface area contributed by atoms with Gasteiger partial charge in [-0.05, 0) is 11.5 Å². The van der Waals surface area contributed by atoms with E-state index in [4.69, 9.17) is 0 Å². The van der Waals surface area contributed by atoms with Gasteiger partial charge >= 0.3 is 0 Å². The Morgan fingerprint density at radius 3 is 2.83 bits per heavy atom. The maximum absolute atomic E-state index is 4.15. The lowest BCUT2D eigenvalue weighted by Gasteiger charge is -1.98. The van der Waals surface area contributed by atoms with Crippen molar-refractivity contribution in [3.63, 3.8) is 0 Å². The SMILES string of the molecule is C=[C]c1nccc2ccccc12. The Labute approximate surface area is 71.4 Å². The maximum atomic E-state index is 4.15. The van der Waals surface area contributed by atoms with Crippen molar-refractivity contribution >= 4 is 10.8 Å². The van der Waals surface area contributed by atoms with Gasteiger partial charge in [0.25, 0.3) is 0 Å². The summed E-state index contributed by atoms with van der Waals surface area (Å²) in [6, 6.07) is 10.1. The monoisotopic (exact) mass is 154 g/mol. The zero-order valence-electron chi connectivity index (χ0n) is 6.62. The van der Waals surface area contributed by atoms with Gasteiger partial charge in [0.2, 0.25) is 0 Å². The number of pyridine rings is 1. The van der Waals surface area contributed by atoms with Crippen molar-refractivity contribution in [2.45, 2.75) is 0 Å². The van der Waals surface area contributed by atoms with Gasteiger partial charge in [-0.25, -0.2) is 0 Å². The van der Waals surface area contributed by atoms with Crippen LogP contribution in [-0.2, 0) is 0 Å². The highest BCUT2D eigenvalue weighted by Gasteiger charge is 1.95. The van der Waals surface area contributed by atoms with Crippen molar-refractivity contribution in [2.24, 2.45) is 0 Å². The van der Waals surface area contributed by atoms with Crippen molar-refractivity contribution < 1.29 is 0 Å². The van der Waals surface area contributed by atoms with Crippen molar-refractivity contribution in [3.05, 3.63) is 54.9 Å². The summed E-state index contributed by atoms with van der Waals surface area (Å²) in [5.74, 6) is 0. The van der Waals surface area contributed by atoms with Crippen LogP contribution in [0.4, 0.5) is 0 Å². The molecule has 1 aromatic carbocycles. The summed E-state index contributed by atoms with van der Waals surface area (Å²) in [5, 5.41) is 2.29. The van der Waals surface area contributed by atoms with E-state index in [1.54, 1.807) is 6.20 Å². The Hall–Kier alpha value is -1.63. The average Bonchev–Trinajstić information content (AvgIpc) is 2.17. The van der Waals surface area contributed by atoms with Crippen LogP contribution in [0.2, 0.25) is 0 Å². The van der Waals surface area contributed by atoms with Gasteiger partial charge < -0.3 is 0 Å². The third kappa shape index (κ3) is 0.996. The Balaban J connectivity index is 2.88. The maximum Gasteiger partial charge on any atom is 0.0780 e. The smallest absolute Gasteiger partial charge is 0.0780 e. The van der Waals surface area contributed by atoms with Crippen molar-refractivity contribution in [1.82, 2.24) is 4.98 Å². The first-order valence-electron chi connectivity index (χ1n) is 3.78. The molecule has 0 bridgehead atoms. The van der Waals surface area contributed by atoms with Gasteiger partial charge in [0.15, 0.2) is 0 Å². The lowest BCUT2D eigenvalue weighted by molar-refractivity contribution is 1.29. The van der Waals surface area contributed by atoms with Gasteiger partial charge in [-0.2, -0.15) is 0 Å². The Morgan fingerprint density at radius 1 is 1.17 bits per heavy atom. The molecule has 0 aliphatic heterocycles. The van der Waals surface area contributed by atoms with Gasteiger partial charge in [0, 0.05) is 17.7 Å². The fourth-order valence-corrected chi connectivity index (χ4v) is 1.26. The molecule has 57 valence electrons. The molecule has 1 heterocycles. The van der Waals surface area contributed by atoms with Crippen LogP contribution < -0.4 is 0 Å². The summed E-state index contributed by atoms with van der Waals surface area (Å²) in [5.41, 5.74) is 0.827. The lowest BCUT2D eigenvalue weighted by atomic mass is 10.1. The summed E-state index contributed by atoms with van der Waals surface area (Å²) in [7, 11) is 0. The highest BCUT2D eigenvalue weighted by Crippen LogP contribution is 2.15. The molecule has 12 heavy (non-hydrogen) atoms. The first kappa shape index (κ1) is 7.04. The minimum Gasteiger partial charge on any atom is -0.256 e. The largest absolute Gasteiger partial charge is 0.256 e. The van der Waals surface area contributed by atoms with Crippen LogP contribution in [0.15, 0.2) is 43.1 Å². The molecule has 0 unspecified atom stereocenters. The van der Waals surface area contributed by atoms with E-state index in [1.165, 1.54) is 5.39 Å². The van der Waals surface area contributed by atoms with E-state index < -0.39 is 0 Å². The fourth-order valence-electron chi connectivity index (χ4n) is 1.26. The van der Waals surface area contributed by atoms with Crippen LogP contribution in [0.25, 0.3) is 10.8 Å². The van der Waals surface area contributed by atoms with E-state index >= 15 is 0 Å². The third-order valence-electron chi connectivity index (χ3n) is 1.84. The molecule has 0 atom stereocenters. The molecule has 0 saturated carbocycles. The molecule has 0 aliphatic carbocycles. The minimum atomic E-state index is 0.827. The second kappa shape index (κ2) is 2.78. The predicted molar refractivity (Wildman–Crippen MR) is 49.7 cm³/mol. The Bertz CT molecular complexity index is 413. The van der Waals surface area contributed by atoms with Crippen LogP contribution in [0, 0.1) is 6.08 Å². The molecule has 2 aromatic rings. The number of fused-ring (bicyclic) bond motifs is 1. The van der Waals surface area contributed by atoms with E-state index in [9.17, 15) is 0 Å². The minimum absolute atomic E-state index is 0.827. The fraction of sp³-hybridized carbons (Fsp3) is 0. The van der Waals surface area contributed by atoms with E-state index in [2.05, 4.69) is 23.7 Å². The topological polar surface area (TPSA) is 12.9 Å². The first-order chi connectivity index (χ1) is 5.92. The molecule has 0 aliphatic rings. The summed E-state index contributed by atoms with van der Waals surface area (Å²) in [4.78, 5) is 4.15. The van der Waals surface area contributed by atoms with Gasteiger partial charge in [0.05, 0.1) is 5.69 Å². The molecular formula is C11H8N. The first-order valence-corrected chi connectivity index (χ1v) is 3.78. The highest BCUT2D eigenvalue weighted by atomic mass is 14.7. The number of hydrogen-bond donors (Lipinski definition) is 0. The zero-order valence-corrected chi connectivity index (χ0v) is 6.62. The zero-order chi connectivity index (χ0) is 8.39. The number of nitrogens with zero attached hydrogens (tertiary/aromatic N) is 1. The number of benzene rings is 1. The Kier molecular flexibility index (Phi) is 1.63. The Morgan fingerprint density at radius 2 is 2.00 bits per heavy atom. The number of hydrogen-bond acceptors (Lipinski definition) is 1. The van der Waals surface area contributed by atoms with Crippen LogP contribution in [0.5, 0.6) is 0 Å². The summed E-state index contributed by atoms with van der Waals surface area (Å²) < 4.78 is 0. The molecule has 0 fully saturated rings. The predicted octanol–water partition coefficient (Wildman–Crippen LogP) is 2.57. The molecule has 1 heteroatoms. The molecule has 0 amide bonds. The van der Waals surface area contributed by atoms with E-state index in [1.807, 2.05) is 24.3 Å². The quantitative estimate of drug-likeness (QED) is 0.615. The van der Waals surface area contributed by atoms with Gasteiger partial charge in [0.1, 0.15) is 0 Å². The molecule has 1 nitrogen and oxygen atoms in total. The second-order valence-electron chi connectivity index (χ2n) is 2.56. The molecule has 2 rings (SSSR count). The molecule has 1 aromatic heterocycles. The van der Waals surface area contributed by atoms with Crippen molar-refractivity contribution in [1.29, 1.82) is 0 Å². The average molecular weight is 154 g/mol. The van der Waals surface area contributed by atoms with Crippen LogP contribution in [0.3, 0.4) is 0 Å². The van der Waals surface area contributed by atoms with Crippen LogP contribution >= 0.6 is 0 Å².